The van der Waals surface area contributed by atoms with Gasteiger partial charge in [-0.25, -0.2) is 4.79 Å². The predicted octanol–water partition coefficient (Wildman–Crippen LogP) is 4.01. The molecule has 0 atom stereocenters. The highest BCUT2D eigenvalue weighted by atomic mass is 16.4. The molecule has 0 unspecified atom stereocenters. The first-order valence-corrected chi connectivity index (χ1v) is 14.0. The van der Waals surface area contributed by atoms with Crippen LogP contribution in [0.25, 0.3) is 0 Å². The average Bonchev–Trinajstić information content (AvgIpc) is 3.43. The van der Waals surface area contributed by atoms with Crippen LogP contribution in [-0.4, -0.2) is 71.1 Å². The lowest BCUT2D eigenvalue weighted by Crippen LogP contribution is -2.56. The first-order chi connectivity index (χ1) is 19.4. The van der Waals surface area contributed by atoms with Gasteiger partial charge in [-0.2, -0.15) is 0 Å². The molecular weight excluding hydrogens is 504 g/mol. The van der Waals surface area contributed by atoms with E-state index in [2.05, 4.69) is 21.9 Å². The molecular formula is C32H34N4O4. The minimum atomic E-state index is -0.970. The average molecular weight is 539 g/mol. The van der Waals surface area contributed by atoms with Crippen LogP contribution in [0, 0.1) is 0 Å². The van der Waals surface area contributed by atoms with E-state index in [9.17, 15) is 19.5 Å². The number of rotatable bonds is 8. The van der Waals surface area contributed by atoms with Crippen molar-refractivity contribution in [1.29, 1.82) is 0 Å². The fraction of sp³-hybridized carbons (Fsp3) is 0.344. The van der Waals surface area contributed by atoms with Crippen molar-refractivity contribution in [3.63, 3.8) is 0 Å². The van der Waals surface area contributed by atoms with Crippen molar-refractivity contribution in [3.05, 3.63) is 95.6 Å². The number of carbonyl (C=O) groups is 3. The number of hydrogen-bond donors (Lipinski definition) is 1. The maximum absolute atomic E-state index is 14.0. The van der Waals surface area contributed by atoms with Gasteiger partial charge in [0.1, 0.15) is 5.54 Å². The fourth-order valence-corrected chi connectivity index (χ4v) is 6.51. The number of nitrogens with zero attached hydrogens (tertiary/aromatic N) is 4. The standard InChI is InChI=1S/C32H34N4O4/c37-29-21-25-9-4-5-13-28(25)35(29)17-7-16-33-18-14-32(15-19-33)31(40)34(23-36(32)27-11-2-1-3-12-27)22-24-8-6-10-26(20-24)30(38)39/h1-6,8-13,20H,7,14-19,21-23H2,(H,38,39). The van der Waals surface area contributed by atoms with Crippen LogP contribution in [0.2, 0.25) is 0 Å². The minimum absolute atomic E-state index is 0.107. The number of para-hydroxylation sites is 2. The number of piperidine rings is 1. The third-order valence-electron chi connectivity index (χ3n) is 8.59. The topological polar surface area (TPSA) is 84.4 Å². The maximum Gasteiger partial charge on any atom is 0.335 e. The molecule has 3 aromatic rings. The van der Waals surface area contributed by atoms with Crippen LogP contribution in [-0.2, 0) is 22.6 Å². The summed E-state index contributed by atoms with van der Waals surface area (Å²) in [6.07, 6.45) is 2.81. The van der Waals surface area contributed by atoms with Gasteiger partial charge in [-0.3, -0.25) is 9.59 Å². The summed E-state index contributed by atoms with van der Waals surface area (Å²) in [6, 6.07) is 25.0. The Morgan fingerprint density at radius 1 is 0.875 bits per heavy atom. The number of aromatic carboxylic acids is 1. The van der Waals surface area contributed by atoms with Gasteiger partial charge in [0.05, 0.1) is 18.7 Å². The summed E-state index contributed by atoms with van der Waals surface area (Å²) in [5, 5.41) is 9.40. The number of benzene rings is 3. The Morgan fingerprint density at radius 2 is 1.62 bits per heavy atom. The van der Waals surface area contributed by atoms with E-state index >= 15 is 0 Å². The number of carbonyl (C=O) groups excluding carboxylic acids is 2. The number of carboxylic acids is 1. The van der Waals surface area contributed by atoms with E-state index in [0.29, 0.717) is 26.2 Å². The van der Waals surface area contributed by atoms with Gasteiger partial charge < -0.3 is 24.7 Å². The largest absolute Gasteiger partial charge is 0.478 e. The third kappa shape index (κ3) is 4.84. The Bertz CT molecular complexity index is 1420. The number of anilines is 2. The van der Waals surface area contributed by atoms with Crippen LogP contribution >= 0.6 is 0 Å². The molecule has 0 bridgehead atoms. The minimum Gasteiger partial charge on any atom is -0.478 e. The van der Waals surface area contributed by atoms with Gasteiger partial charge in [0, 0.05) is 37.6 Å². The summed E-state index contributed by atoms with van der Waals surface area (Å²) in [4.78, 5) is 46.5. The first-order valence-electron chi connectivity index (χ1n) is 14.0. The second-order valence-corrected chi connectivity index (χ2v) is 11.0. The van der Waals surface area contributed by atoms with Crippen molar-refractivity contribution in [3.8, 4) is 0 Å². The van der Waals surface area contributed by atoms with Gasteiger partial charge in [0.15, 0.2) is 0 Å². The highest BCUT2D eigenvalue weighted by Crippen LogP contribution is 2.40. The maximum atomic E-state index is 14.0. The molecule has 3 aliphatic heterocycles. The highest BCUT2D eigenvalue weighted by Gasteiger charge is 2.53. The number of hydrogen-bond acceptors (Lipinski definition) is 5. The third-order valence-corrected chi connectivity index (χ3v) is 8.59. The van der Waals surface area contributed by atoms with Crippen LogP contribution in [0.4, 0.5) is 11.4 Å². The second kappa shape index (κ2) is 10.8. The van der Waals surface area contributed by atoms with E-state index < -0.39 is 11.5 Å². The summed E-state index contributed by atoms with van der Waals surface area (Å²) in [5.41, 5.74) is 3.59. The van der Waals surface area contributed by atoms with E-state index in [1.165, 1.54) is 0 Å². The molecule has 206 valence electrons. The summed E-state index contributed by atoms with van der Waals surface area (Å²) in [7, 11) is 0. The predicted molar refractivity (Wildman–Crippen MR) is 153 cm³/mol. The van der Waals surface area contributed by atoms with Gasteiger partial charge in [-0.1, -0.05) is 48.5 Å². The van der Waals surface area contributed by atoms with Crippen molar-refractivity contribution in [2.45, 2.75) is 37.8 Å². The van der Waals surface area contributed by atoms with Gasteiger partial charge in [0.2, 0.25) is 11.8 Å². The quantitative estimate of drug-likeness (QED) is 0.467. The zero-order chi connectivity index (χ0) is 27.7. The molecule has 3 aromatic carbocycles. The van der Waals surface area contributed by atoms with E-state index in [4.69, 9.17) is 0 Å². The molecule has 8 nitrogen and oxygen atoms in total. The molecule has 8 heteroatoms. The second-order valence-electron chi connectivity index (χ2n) is 11.0. The molecule has 3 heterocycles. The van der Waals surface area contributed by atoms with Crippen molar-refractivity contribution < 1.29 is 19.5 Å². The van der Waals surface area contributed by atoms with Gasteiger partial charge in [0.25, 0.3) is 0 Å². The number of carboxylic acid groups (broad SMARTS) is 1. The normalized spacial score (nSPS) is 18.6. The van der Waals surface area contributed by atoms with Crippen LogP contribution in [0.1, 0.15) is 40.7 Å². The fourth-order valence-electron chi connectivity index (χ4n) is 6.51. The van der Waals surface area contributed by atoms with Gasteiger partial charge in [-0.05, 0) is 67.3 Å². The summed E-state index contributed by atoms with van der Waals surface area (Å²) < 4.78 is 0. The molecule has 2 amide bonds. The molecule has 40 heavy (non-hydrogen) atoms. The molecule has 0 radical (unpaired) electrons. The molecule has 6 rings (SSSR count). The number of likely N-dealkylation sites (tertiary alicyclic amines) is 1. The van der Waals surface area contributed by atoms with Crippen molar-refractivity contribution >= 4 is 29.2 Å². The Hall–Kier alpha value is -4.17. The van der Waals surface area contributed by atoms with Crippen LogP contribution in [0.3, 0.4) is 0 Å². The Kier molecular flexibility index (Phi) is 7.02. The number of amides is 2. The van der Waals surface area contributed by atoms with E-state index in [1.54, 1.807) is 18.2 Å². The Balaban J connectivity index is 1.13. The molecule has 0 aliphatic carbocycles. The molecule has 0 saturated carbocycles. The van der Waals surface area contributed by atoms with E-state index in [1.807, 2.05) is 58.3 Å². The van der Waals surface area contributed by atoms with Crippen molar-refractivity contribution in [1.82, 2.24) is 9.80 Å². The molecule has 3 aliphatic rings. The first kappa shape index (κ1) is 26.1. The summed E-state index contributed by atoms with van der Waals surface area (Å²) in [6.45, 7) is 4.05. The SMILES string of the molecule is O=C(O)c1cccc(CN2CN(c3ccccc3)C3(CCN(CCCN4C(=O)Cc5ccccc54)CC3)C2=O)c1. The molecule has 0 aromatic heterocycles. The lowest BCUT2D eigenvalue weighted by atomic mass is 9.85. The van der Waals surface area contributed by atoms with Gasteiger partial charge in [-0.15, -0.1) is 0 Å². The van der Waals surface area contributed by atoms with E-state index in [-0.39, 0.29) is 17.4 Å². The monoisotopic (exact) mass is 538 g/mol. The summed E-state index contributed by atoms with van der Waals surface area (Å²) >= 11 is 0. The lowest BCUT2D eigenvalue weighted by molar-refractivity contribution is -0.134. The Morgan fingerprint density at radius 3 is 2.40 bits per heavy atom. The highest BCUT2D eigenvalue weighted by molar-refractivity contribution is 6.01. The smallest absolute Gasteiger partial charge is 0.335 e. The molecule has 2 fully saturated rings. The summed E-state index contributed by atoms with van der Waals surface area (Å²) in [5.74, 6) is -0.693. The van der Waals surface area contributed by atoms with Crippen LogP contribution in [0.15, 0.2) is 78.9 Å². The lowest BCUT2D eigenvalue weighted by Gasteiger charge is -2.43. The van der Waals surface area contributed by atoms with Gasteiger partial charge >= 0.3 is 5.97 Å². The zero-order valence-electron chi connectivity index (χ0n) is 22.5. The van der Waals surface area contributed by atoms with Crippen molar-refractivity contribution in [2.75, 3.05) is 42.6 Å². The molecule has 2 saturated heterocycles. The van der Waals surface area contributed by atoms with Crippen LogP contribution < -0.4 is 9.80 Å². The zero-order valence-corrected chi connectivity index (χ0v) is 22.5. The Labute approximate surface area is 234 Å². The van der Waals surface area contributed by atoms with E-state index in [0.717, 1.165) is 61.4 Å². The van der Waals surface area contributed by atoms with Crippen molar-refractivity contribution in [2.24, 2.45) is 0 Å². The molecule has 1 N–H and O–H groups in total. The number of fused-ring (bicyclic) bond motifs is 1. The van der Waals surface area contributed by atoms with Crippen LogP contribution in [0.5, 0.6) is 0 Å². The molecule has 1 spiro atoms.